The van der Waals surface area contributed by atoms with E-state index in [0.29, 0.717) is 0 Å². The Balaban J connectivity index is 3.11. The van der Waals surface area contributed by atoms with Crippen LogP contribution in [0.4, 0.5) is 0 Å². The van der Waals surface area contributed by atoms with Gasteiger partial charge in [-0.15, -0.1) is 0 Å². The Morgan fingerprint density at radius 1 is 1.47 bits per heavy atom. The molecule has 15 heavy (non-hydrogen) atoms. The molecule has 4 nitrogen and oxygen atoms in total. The van der Waals surface area contributed by atoms with Crippen LogP contribution in [0.15, 0.2) is 23.2 Å². The van der Waals surface area contributed by atoms with E-state index in [2.05, 4.69) is 4.98 Å². The summed E-state index contributed by atoms with van der Waals surface area (Å²) >= 11 is 0. The number of rotatable bonds is 3. The van der Waals surface area contributed by atoms with Crippen LogP contribution in [0.5, 0.6) is 0 Å². The van der Waals surface area contributed by atoms with E-state index < -0.39 is 9.84 Å². The van der Waals surface area contributed by atoms with Gasteiger partial charge in [-0.2, -0.15) is 5.26 Å². The molecule has 0 radical (unpaired) electrons. The third kappa shape index (κ3) is 3.03. The monoisotopic (exact) mass is 224 g/mol. The predicted molar refractivity (Wildman–Crippen MR) is 55.8 cm³/mol. The molecule has 1 aromatic heterocycles. The first-order valence-electron chi connectivity index (χ1n) is 4.55. The lowest BCUT2D eigenvalue weighted by Crippen LogP contribution is -2.13. The highest BCUT2D eigenvalue weighted by molar-refractivity contribution is 7.91. The molecule has 0 aliphatic heterocycles. The minimum Gasteiger partial charge on any atom is -0.226 e. The summed E-state index contributed by atoms with van der Waals surface area (Å²) in [5, 5.41) is 8.58. The zero-order valence-corrected chi connectivity index (χ0v) is 9.45. The molecule has 1 rings (SSSR count). The molecule has 1 heterocycles. The van der Waals surface area contributed by atoms with Gasteiger partial charge >= 0.3 is 0 Å². The number of hydrogen-bond acceptors (Lipinski definition) is 4. The summed E-state index contributed by atoms with van der Waals surface area (Å²) in [6, 6.07) is 6.24. The van der Waals surface area contributed by atoms with E-state index in [1.54, 1.807) is 0 Å². The van der Waals surface area contributed by atoms with Crippen molar-refractivity contribution in [2.45, 2.75) is 18.9 Å². The van der Waals surface area contributed by atoms with Gasteiger partial charge in [-0.25, -0.2) is 13.4 Å². The molecule has 0 bridgehead atoms. The minimum atomic E-state index is -3.35. The summed E-state index contributed by atoms with van der Waals surface area (Å²) in [6.45, 7) is 3.65. The van der Waals surface area contributed by atoms with E-state index in [0.717, 1.165) is 0 Å². The van der Waals surface area contributed by atoms with Gasteiger partial charge in [0.15, 0.2) is 14.9 Å². The highest BCUT2D eigenvalue weighted by Crippen LogP contribution is 2.11. The summed E-state index contributed by atoms with van der Waals surface area (Å²) in [6.07, 6.45) is 0. The van der Waals surface area contributed by atoms with Crippen molar-refractivity contribution in [3.63, 3.8) is 0 Å². The Hall–Kier alpha value is -1.41. The van der Waals surface area contributed by atoms with Crippen LogP contribution in [0.2, 0.25) is 0 Å². The maximum Gasteiger partial charge on any atom is 0.195 e. The molecule has 0 N–H and O–H groups in total. The van der Waals surface area contributed by atoms with E-state index in [-0.39, 0.29) is 22.4 Å². The molecule has 0 aliphatic rings. The molecule has 0 spiro atoms. The molecule has 0 saturated carbocycles. The zero-order valence-electron chi connectivity index (χ0n) is 8.64. The average molecular weight is 224 g/mol. The van der Waals surface area contributed by atoms with Crippen LogP contribution in [0.3, 0.4) is 0 Å². The molecule has 0 amide bonds. The van der Waals surface area contributed by atoms with Crippen LogP contribution in [-0.2, 0) is 9.84 Å². The molecule has 0 saturated heterocycles. The maximum absolute atomic E-state index is 11.7. The Bertz CT molecular complexity index is 486. The molecule has 0 unspecified atom stereocenters. The molecule has 80 valence electrons. The first-order chi connectivity index (χ1) is 6.95. The predicted octanol–water partition coefficient (Wildman–Crippen LogP) is 1.38. The lowest BCUT2D eigenvalue weighted by atomic mass is 10.3. The lowest BCUT2D eigenvalue weighted by molar-refractivity contribution is 0.578. The van der Waals surface area contributed by atoms with Crippen molar-refractivity contribution in [1.82, 2.24) is 4.98 Å². The van der Waals surface area contributed by atoms with E-state index in [9.17, 15) is 8.42 Å². The van der Waals surface area contributed by atoms with Crippen LogP contribution < -0.4 is 0 Å². The van der Waals surface area contributed by atoms with Crippen LogP contribution in [-0.4, -0.2) is 19.2 Å². The second kappa shape index (κ2) is 4.41. The highest BCUT2D eigenvalue weighted by atomic mass is 32.2. The SMILES string of the molecule is CC(C)CS(=O)(=O)c1cccc(C#N)n1. The van der Waals surface area contributed by atoms with Crippen molar-refractivity contribution >= 4 is 9.84 Å². The normalized spacial score (nSPS) is 11.3. The second-order valence-corrected chi connectivity index (χ2v) is 5.63. The fourth-order valence-corrected chi connectivity index (χ4v) is 2.75. The summed E-state index contributed by atoms with van der Waals surface area (Å²) < 4.78 is 23.5. The molecule has 0 aliphatic carbocycles. The summed E-state index contributed by atoms with van der Waals surface area (Å²) in [5.41, 5.74) is 0.125. The molecule has 5 heteroatoms. The molecular weight excluding hydrogens is 212 g/mol. The van der Waals surface area contributed by atoms with Gasteiger partial charge in [-0.1, -0.05) is 19.9 Å². The first-order valence-corrected chi connectivity index (χ1v) is 6.21. The number of hydrogen-bond donors (Lipinski definition) is 0. The summed E-state index contributed by atoms with van der Waals surface area (Å²) in [5.74, 6) is 0.0945. The molecule has 0 atom stereocenters. The van der Waals surface area contributed by atoms with Gasteiger partial charge in [0, 0.05) is 0 Å². The van der Waals surface area contributed by atoms with Gasteiger partial charge in [0.05, 0.1) is 5.75 Å². The first kappa shape index (κ1) is 11.7. The minimum absolute atomic E-state index is 0.0183. The maximum atomic E-state index is 11.7. The molecule has 1 aromatic rings. The quantitative estimate of drug-likeness (QED) is 0.777. The summed E-state index contributed by atoms with van der Waals surface area (Å²) in [4.78, 5) is 3.77. The van der Waals surface area contributed by atoms with Gasteiger partial charge in [0.1, 0.15) is 11.8 Å². The van der Waals surface area contributed by atoms with Gasteiger partial charge < -0.3 is 0 Å². The van der Waals surface area contributed by atoms with Crippen molar-refractivity contribution < 1.29 is 8.42 Å². The lowest BCUT2D eigenvalue weighted by Gasteiger charge is -2.05. The van der Waals surface area contributed by atoms with Crippen LogP contribution >= 0.6 is 0 Å². The van der Waals surface area contributed by atoms with E-state index in [4.69, 9.17) is 5.26 Å². The van der Waals surface area contributed by atoms with Crippen molar-refractivity contribution in [3.05, 3.63) is 23.9 Å². The topological polar surface area (TPSA) is 70.8 Å². The van der Waals surface area contributed by atoms with Crippen molar-refractivity contribution in [3.8, 4) is 6.07 Å². The van der Waals surface area contributed by atoms with Crippen LogP contribution in [0.25, 0.3) is 0 Å². The Morgan fingerprint density at radius 2 is 2.13 bits per heavy atom. The Kier molecular flexibility index (Phi) is 3.43. The molecule has 0 fully saturated rings. The third-order valence-electron chi connectivity index (χ3n) is 1.71. The van der Waals surface area contributed by atoms with E-state index >= 15 is 0 Å². The smallest absolute Gasteiger partial charge is 0.195 e. The van der Waals surface area contributed by atoms with Crippen molar-refractivity contribution in [1.29, 1.82) is 5.26 Å². The number of nitrogens with zero attached hydrogens (tertiary/aromatic N) is 2. The van der Waals surface area contributed by atoms with Crippen LogP contribution in [0, 0.1) is 17.2 Å². The number of nitriles is 1. The van der Waals surface area contributed by atoms with Gasteiger partial charge in [0.2, 0.25) is 0 Å². The fourth-order valence-electron chi connectivity index (χ4n) is 1.17. The number of sulfone groups is 1. The highest BCUT2D eigenvalue weighted by Gasteiger charge is 2.17. The van der Waals surface area contributed by atoms with E-state index in [1.165, 1.54) is 18.2 Å². The average Bonchev–Trinajstić information content (AvgIpc) is 2.16. The number of pyridine rings is 1. The van der Waals surface area contributed by atoms with E-state index in [1.807, 2.05) is 19.9 Å². The van der Waals surface area contributed by atoms with Gasteiger partial charge in [0.25, 0.3) is 0 Å². The number of aromatic nitrogens is 1. The molecule has 0 aromatic carbocycles. The van der Waals surface area contributed by atoms with Gasteiger partial charge in [-0.3, -0.25) is 0 Å². The van der Waals surface area contributed by atoms with Crippen LogP contribution in [0.1, 0.15) is 19.5 Å². The summed E-state index contributed by atoms with van der Waals surface area (Å²) in [7, 11) is -3.35. The standard InChI is InChI=1S/C10H12N2O2S/c1-8(2)7-15(13,14)10-5-3-4-9(6-11)12-10/h3-5,8H,7H2,1-2H3. The van der Waals surface area contributed by atoms with Crippen molar-refractivity contribution in [2.75, 3.05) is 5.75 Å². The Labute approximate surface area is 89.5 Å². The third-order valence-corrected chi connectivity index (χ3v) is 3.68. The zero-order chi connectivity index (χ0) is 11.5. The van der Waals surface area contributed by atoms with Crippen molar-refractivity contribution in [2.24, 2.45) is 5.92 Å². The Morgan fingerprint density at radius 3 is 2.67 bits per heavy atom. The largest absolute Gasteiger partial charge is 0.226 e. The fraction of sp³-hybridized carbons (Fsp3) is 0.400. The van der Waals surface area contributed by atoms with Gasteiger partial charge in [-0.05, 0) is 18.1 Å². The molecular formula is C10H12N2O2S. The second-order valence-electron chi connectivity index (χ2n) is 3.65.